The Morgan fingerprint density at radius 1 is 1.32 bits per heavy atom. The first-order chi connectivity index (χ1) is 9.28. The molecular weight excluding hydrogens is 238 g/mol. The van der Waals surface area contributed by atoms with Crippen LogP contribution in [0.4, 0.5) is 11.5 Å². The average Bonchev–Trinajstić information content (AvgIpc) is 2.76. The molecule has 1 unspecified atom stereocenters. The summed E-state index contributed by atoms with van der Waals surface area (Å²) in [7, 11) is 0. The number of nitrogens with two attached hydrogens (primary N) is 1. The maximum Gasteiger partial charge on any atom is 0.151 e. The number of nitrogen functional groups attached to an aromatic ring is 1. The van der Waals surface area contributed by atoms with Crippen molar-refractivity contribution in [2.45, 2.75) is 25.3 Å². The molecule has 0 bridgehead atoms. The lowest BCUT2D eigenvalue weighted by atomic mass is 10.2. The molecular formula is C14H19N5. The van der Waals surface area contributed by atoms with E-state index in [1.54, 1.807) is 12.3 Å². The van der Waals surface area contributed by atoms with Crippen molar-refractivity contribution in [1.82, 2.24) is 9.88 Å². The van der Waals surface area contributed by atoms with Crippen LogP contribution in [-0.2, 0) is 0 Å². The van der Waals surface area contributed by atoms with Crippen LogP contribution in [-0.4, -0.2) is 42.1 Å². The summed E-state index contributed by atoms with van der Waals surface area (Å²) in [5.74, 6) is 0.841. The molecule has 100 valence electrons. The topological polar surface area (TPSA) is 69.2 Å². The van der Waals surface area contributed by atoms with Crippen LogP contribution in [0.1, 0.15) is 24.8 Å². The quantitative estimate of drug-likeness (QED) is 0.819. The fourth-order valence-electron chi connectivity index (χ4n) is 3.20. The Labute approximate surface area is 113 Å². The summed E-state index contributed by atoms with van der Waals surface area (Å²) < 4.78 is 0. The van der Waals surface area contributed by atoms with Crippen molar-refractivity contribution in [3.8, 4) is 6.07 Å². The van der Waals surface area contributed by atoms with Crippen molar-refractivity contribution in [2.75, 3.05) is 36.8 Å². The highest BCUT2D eigenvalue weighted by Crippen LogP contribution is 2.27. The van der Waals surface area contributed by atoms with Crippen LogP contribution in [0.5, 0.6) is 0 Å². The first-order valence-corrected chi connectivity index (χ1v) is 6.92. The van der Waals surface area contributed by atoms with Gasteiger partial charge in [-0.1, -0.05) is 0 Å². The van der Waals surface area contributed by atoms with E-state index in [1.807, 2.05) is 0 Å². The Kier molecular flexibility index (Phi) is 3.26. The van der Waals surface area contributed by atoms with Gasteiger partial charge in [0, 0.05) is 31.9 Å². The molecule has 2 aliphatic heterocycles. The standard InChI is InChI=1S/C14H19N5/c15-8-11-7-13(16)14(17-9-11)19-6-2-5-18-4-1-3-12(18)10-19/h7,9,12H,1-6,10,16H2. The van der Waals surface area contributed by atoms with Crippen LogP contribution in [0, 0.1) is 11.3 Å². The Morgan fingerprint density at radius 2 is 2.16 bits per heavy atom. The highest BCUT2D eigenvalue weighted by Gasteiger charge is 2.29. The Bertz CT molecular complexity index is 507. The zero-order valence-corrected chi connectivity index (χ0v) is 11.0. The maximum absolute atomic E-state index is 8.87. The van der Waals surface area contributed by atoms with Crippen molar-refractivity contribution in [3.63, 3.8) is 0 Å². The normalized spacial score (nSPS) is 23.7. The maximum atomic E-state index is 8.87. The van der Waals surface area contributed by atoms with E-state index < -0.39 is 0 Å². The molecule has 0 radical (unpaired) electrons. The van der Waals surface area contributed by atoms with Gasteiger partial charge in [0.15, 0.2) is 5.82 Å². The SMILES string of the molecule is N#Cc1cnc(N2CCCN3CCCC3C2)c(N)c1. The van der Waals surface area contributed by atoms with Crippen molar-refractivity contribution in [2.24, 2.45) is 0 Å². The van der Waals surface area contributed by atoms with Gasteiger partial charge in [-0.25, -0.2) is 4.98 Å². The number of hydrogen-bond donors (Lipinski definition) is 1. The van der Waals surface area contributed by atoms with Crippen LogP contribution in [0.2, 0.25) is 0 Å². The molecule has 2 N–H and O–H groups in total. The first-order valence-electron chi connectivity index (χ1n) is 6.92. The molecule has 0 amide bonds. The molecule has 3 heterocycles. The highest BCUT2D eigenvalue weighted by atomic mass is 15.3. The van der Waals surface area contributed by atoms with Gasteiger partial charge in [0.05, 0.1) is 11.3 Å². The van der Waals surface area contributed by atoms with E-state index >= 15 is 0 Å². The van der Waals surface area contributed by atoms with Gasteiger partial charge in [-0.2, -0.15) is 5.26 Å². The van der Waals surface area contributed by atoms with E-state index in [4.69, 9.17) is 11.0 Å². The molecule has 0 aromatic carbocycles. The summed E-state index contributed by atoms with van der Waals surface area (Å²) in [4.78, 5) is 9.26. The summed E-state index contributed by atoms with van der Waals surface area (Å²) in [6.07, 6.45) is 5.34. The molecule has 0 saturated carbocycles. The lowest BCUT2D eigenvalue weighted by Crippen LogP contribution is -2.37. The van der Waals surface area contributed by atoms with Gasteiger partial charge >= 0.3 is 0 Å². The fraction of sp³-hybridized carbons (Fsp3) is 0.571. The van der Waals surface area contributed by atoms with Crippen molar-refractivity contribution < 1.29 is 0 Å². The van der Waals surface area contributed by atoms with Crippen LogP contribution in [0.3, 0.4) is 0 Å². The Morgan fingerprint density at radius 3 is 2.95 bits per heavy atom. The molecule has 0 aliphatic carbocycles. The van der Waals surface area contributed by atoms with Crippen LogP contribution < -0.4 is 10.6 Å². The second kappa shape index (κ2) is 5.06. The summed E-state index contributed by atoms with van der Waals surface area (Å²) in [6.45, 7) is 4.41. The van der Waals surface area contributed by atoms with Gasteiger partial charge < -0.3 is 10.6 Å². The third-order valence-corrected chi connectivity index (χ3v) is 4.13. The van der Waals surface area contributed by atoms with Gasteiger partial charge in [-0.3, -0.25) is 4.90 Å². The highest BCUT2D eigenvalue weighted by molar-refractivity contribution is 5.64. The minimum absolute atomic E-state index is 0.526. The van der Waals surface area contributed by atoms with Crippen molar-refractivity contribution in [1.29, 1.82) is 5.26 Å². The smallest absolute Gasteiger partial charge is 0.151 e. The number of pyridine rings is 1. The van der Waals surface area contributed by atoms with Gasteiger partial charge in [0.1, 0.15) is 6.07 Å². The Hall–Kier alpha value is -1.80. The van der Waals surface area contributed by atoms with Gasteiger partial charge in [-0.15, -0.1) is 0 Å². The molecule has 5 heteroatoms. The van der Waals surface area contributed by atoms with Crippen molar-refractivity contribution >= 4 is 11.5 Å². The molecule has 0 spiro atoms. The molecule has 19 heavy (non-hydrogen) atoms. The predicted octanol–water partition coefficient (Wildman–Crippen LogP) is 1.21. The largest absolute Gasteiger partial charge is 0.396 e. The molecule has 1 atom stereocenters. The van der Waals surface area contributed by atoms with E-state index in [-0.39, 0.29) is 0 Å². The third kappa shape index (κ3) is 2.36. The zero-order valence-electron chi connectivity index (χ0n) is 11.0. The summed E-state index contributed by atoms with van der Waals surface area (Å²) in [5.41, 5.74) is 7.19. The lowest BCUT2D eigenvalue weighted by molar-refractivity contribution is 0.273. The van der Waals surface area contributed by atoms with E-state index in [2.05, 4.69) is 20.9 Å². The molecule has 1 aromatic rings. The molecule has 2 fully saturated rings. The summed E-state index contributed by atoms with van der Waals surface area (Å²) in [6, 6.07) is 4.44. The molecule has 2 aliphatic rings. The van der Waals surface area contributed by atoms with Gasteiger partial charge in [0.2, 0.25) is 0 Å². The molecule has 5 nitrogen and oxygen atoms in total. The number of nitriles is 1. The first kappa shape index (κ1) is 12.2. The van der Waals surface area contributed by atoms with Crippen LogP contribution in [0.15, 0.2) is 12.3 Å². The second-order valence-electron chi connectivity index (χ2n) is 5.38. The van der Waals surface area contributed by atoms with Crippen molar-refractivity contribution in [3.05, 3.63) is 17.8 Å². The van der Waals surface area contributed by atoms with E-state index in [0.717, 1.165) is 25.3 Å². The average molecular weight is 257 g/mol. The second-order valence-corrected chi connectivity index (χ2v) is 5.38. The zero-order chi connectivity index (χ0) is 13.2. The van der Waals surface area contributed by atoms with Gasteiger partial charge in [0.25, 0.3) is 0 Å². The van der Waals surface area contributed by atoms with Crippen LogP contribution >= 0.6 is 0 Å². The molecule has 3 rings (SSSR count). The molecule has 1 aromatic heterocycles. The number of rotatable bonds is 1. The summed E-state index contributed by atoms with van der Waals surface area (Å²) in [5, 5.41) is 8.87. The third-order valence-electron chi connectivity index (χ3n) is 4.13. The van der Waals surface area contributed by atoms with E-state index in [0.29, 0.717) is 17.3 Å². The summed E-state index contributed by atoms with van der Waals surface area (Å²) >= 11 is 0. The Balaban J connectivity index is 1.83. The number of hydrogen-bond acceptors (Lipinski definition) is 5. The molecule has 2 saturated heterocycles. The van der Waals surface area contributed by atoms with Gasteiger partial charge in [-0.05, 0) is 31.9 Å². The van der Waals surface area contributed by atoms with Crippen LogP contribution in [0.25, 0.3) is 0 Å². The number of anilines is 2. The van der Waals surface area contributed by atoms with E-state index in [1.165, 1.54) is 25.9 Å². The number of fused-ring (bicyclic) bond motifs is 1. The minimum Gasteiger partial charge on any atom is -0.396 e. The predicted molar refractivity (Wildman–Crippen MR) is 74.8 cm³/mol. The van der Waals surface area contributed by atoms with E-state index in [9.17, 15) is 0 Å². The number of aromatic nitrogens is 1. The minimum atomic E-state index is 0.526. The monoisotopic (exact) mass is 257 g/mol. The fourth-order valence-corrected chi connectivity index (χ4v) is 3.20. The number of nitrogens with zero attached hydrogens (tertiary/aromatic N) is 4. The lowest BCUT2D eigenvalue weighted by Gasteiger charge is -2.27.